The van der Waals surface area contributed by atoms with Gasteiger partial charge in [-0.1, -0.05) is 31.4 Å². The van der Waals surface area contributed by atoms with E-state index in [0.29, 0.717) is 57.8 Å². The van der Waals surface area contributed by atoms with Gasteiger partial charge >= 0.3 is 5.97 Å². The summed E-state index contributed by atoms with van der Waals surface area (Å²) in [5.74, 6) is -1.98. The maximum Gasteiger partial charge on any atom is 0.335 e. The number of carbonyl (C=O) groups is 2. The Morgan fingerprint density at radius 2 is 1.85 bits per heavy atom. The third-order valence-electron chi connectivity index (χ3n) is 7.16. The molecule has 10 heteroatoms. The van der Waals surface area contributed by atoms with Crippen LogP contribution in [0.3, 0.4) is 0 Å². The maximum absolute atomic E-state index is 14.9. The molecular weight excluding hydrogens is 594 g/mol. The highest BCUT2D eigenvalue weighted by atomic mass is 19.1. The number of allylic oxidation sites excluding steroid dienone is 6. The lowest BCUT2D eigenvalue weighted by Gasteiger charge is -2.36. The summed E-state index contributed by atoms with van der Waals surface area (Å²) in [6.45, 7) is 17.5. The third kappa shape index (κ3) is 14.9. The van der Waals surface area contributed by atoms with Crippen molar-refractivity contribution in [3.8, 4) is 0 Å². The van der Waals surface area contributed by atoms with Crippen LogP contribution < -0.4 is 4.90 Å². The first-order chi connectivity index (χ1) is 21.8. The molecule has 8 nitrogen and oxygen atoms in total. The van der Waals surface area contributed by atoms with Gasteiger partial charge in [-0.15, -0.1) is 0 Å². The van der Waals surface area contributed by atoms with Crippen molar-refractivity contribution in [1.82, 2.24) is 4.90 Å². The molecule has 0 aliphatic rings. The van der Waals surface area contributed by atoms with Gasteiger partial charge in [0.25, 0.3) is 0 Å². The average Bonchev–Trinajstić information content (AvgIpc) is 3.00. The number of carboxylic acid groups (broad SMARTS) is 1. The molecule has 0 aromatic heterocycles. The highest BCUT2D eigenvalue weighted by molar-refractivity contribution is 5.88. The van der Waals surface area contributed by atoms with Gasteiger partial charge in [0.05, 0.1) is 36.6 Å². The van der Waals surface area contributed by atoms with Gasteiger partial charge < -0.3 is 33.9 Å². The summed E-state index contributed by atoms with van der Waals surface area (Å²) in [6, 6.07) is 3.61. The molecular formula is C36H50F2N2O6. The van der Waals surface area contributed by atoms with E-state index in [1.54, 1.807) is 18.1 Å². The highest BCUT2D eigenvalue weighted by Gasteiger charge is 2.29. The lowest BCUT2D eigenvalue weighted by atomic mass is 9.99. The van der Waals surface area contributed by atoms with Crippen LogP contribution in [0.5, 0.6) is 0 Å². The zero-order chi connectivity index (χ0) is 34.7. The molecule has 1 aromatic rings. The Balaban J connectivity index is 3.23. The van der Waals surface area contributed by atoms with Gasteiger partial charge in [0.15, 0.2) is 0 Å². The van der Waals surface area contributed by atoms with E-state index in [2.05, 4.69) is 18.1 Å². The SMILES string of the molecule is C=C(F)/C=C\C(=C/C)C/C(=C\C(=C/C(=C)OCC)CN(C)CCC(C)(CN(CC=O)c1ccc(C(=O)O)cc1F)OC)COCC. The highest BCUT2D eigenvalue weighted by Crippen LogP contribution is 2.26. The molecule has 0 fully saturated rings. The Hall–Kier alpha value is -3.86. The Morgan fingerprint density at radius 3 is 2.39 bits per heavy atom. The van der Waals surface area contributed by atoms with Crippen LogP contribution in [0.1, 0.15) is 50.9 Å². The van der Waals surface area contributed by atoms with Crippen molar-refractivity contribution in [3.05, 3.63) is 101 Å². The number of hydrogen-bond donors (Lipinski definition) is 1. The van der Waals surface area contributed by atoms with E-state index in [0.717, 1.165) is 22.8 Å². The van der Waals surface area contributed by atoms with Crippen LogP contribution in [0.2, 0.25) is 0 Å². The first-order valence-electron chi connectivity index (χ1n) is 15.2. The molecule has 254 valence electrons. The van der Waals surface area contributed by atoms with Crippen LogP contribution in [-0.4, -0.2) is 88.0 Å². The predicted molar refractivity (Wildman–Crippen MR) is 180 cm³/mol. The van der Waals surface area contributed by atoms with Crippen molar-refractivity contribution in [3.63, 3.8) is 0 Å². The Bertz CT molecular complexity index is 1300. The molecule has 1 atom stereocenters. The van der Waals surface area contributed by atoms with Gasteiger partial charge in [-0.25, -0.2) is 13.6 Å². The third-order valence-corrected chi connectivity index (χ3v) is 7.16. The molecule has 46 heavy (non-hydrogen) atoms. The van der Waals surface area contributed by atoms with E-state index in [1.807, 2.05) is 53.0 Å². The Morgan fingerprint density at radius 1 is 1.13 bits per heavy atom. The minimum atomic E-state index is -1.24. The number of carboxylic acids is 1. The largest absolute Gasteiger partial charge is 0.495 e. The van der Waals surface area contributed by atoms with E-state index >= 15 is 0 Å². The van der Waals surface area contributed by atoms with Gasteiger partial charge in [0.2, 0.25) is 0 Å². The number of aromatic carboxylic acids is 1. The second-order valence-corrected chi connectivity index (χ2v) is 11.0. The van der Waals surface area contributed by atoms with E-state index < -0.39 is 23.2 Å². The minimum absolute atomic E-state index is 0.0964. The van der Waals surface area contributed by atoms with Crippen molar-refractivity contribution in [2.24, 2.45) is 0 Å². The zero-order valence-electron chi connectivity index (χ0n) is 28.1. The summed E-state index contributed by atoms with van der Waals surface area (Å²) in [6.07, 6.45) is 10.6. The lowest BCUT2D eigenvalue weighted by molar-refractivity contribution is -0.106. The smallest absolute Gasteiger partial charge is 0.335 e. The van der Waals surface area contributed by atoms with Crippen LogP contribution in [-0.2, 0) is 19.0 Å². The van der Waals surface area contributed by atoms with Crippen LogP contribution in [0.4, 0.5) is 14.5 Å². The first kappa shape index (κ1) is 40.2. The monoisotopic (exact) mass is 644 g/mol. The normalized spacial score (nSPS) is 14.0. The lowest BCUT2D eigenvalue weighted by Crippen LogP contribution is -2.45. The quantitative estimate of drug-likeness (QED) is 0.0769. The van der Waals surface area contributed by atoms with E-state index in [1.165, 1.54) is 18.2 Å². The topological polar surface area (TPSA) is 88.5 Å². The number of methoxy groups -OCH3 is 1. The summed E-state index contributed by atoms with van der Waals surface area (Å²) >= 11 is 0. The number of carbonyl (C=O) groups excluding carboxylic acids is 1. The predicted octanol–water partition coefficient (Wildman–Crippen LogP) is 7.07. The van der Waals surface area contributed by atoms with Crippen LogP contribution in [0.15, 0.2) is 90.0 Å². The summed E-state index contributed by atoms with van der Waals surface area (Å²) in [5, 5.41) is 9.19. The Kier molecular flexibility index (Phi) is 18.4. The van der Waals surface area contributed by atoms with Gasteiger partial charge in [-0.2, -0.15) is 0 Å². The molecule has 1 rings (SSSR count). The molecule has 0 saturated heterocycles. The van der Waals surface area contributed by atoms with E-state index in [9.17, 15) is 23.5 Å². The molecule has 1 aromatic carbocycles. The van der Waals surface area contributed by atoms with Crippen LogP contribution in [0.25, 0.3) is 0 Å². The summed E-state index contributed by atoms with van der Waals surface area (Å²) < 4.78 is 45.4. The second kappa shape index (κ2) is 21.0. The zero-order valence-corrected chi connectivity index (χ0v) is 28.1. The number of anilines is 1. The molecule has 0 amide bonds. The van der Waals surface area contributed by atoms with Gasteiger partial charge in [0, 0.05) is 33.4 Å². The van der Waals surface area contributed by atoms with Gasteiger partial charge in [0.1, 0.15) is 23.7 Å². The summed E-state index contributed by atoms with van der Waals surface area (Å²) in [7, 11) is 3.53. The summed E-state index contributed by atoms with van der Waals surface area (Å²) in [4.78, 5) is 26.4. The number of ether oxygens (including phenoxy) is 3. The molecule has 0 radical (unpaired) electrons. The molecule has 0 bridgehead atoms. The number of aldehydes is 1. The molecule has 1 unspecified atom stereocenters. The summed E-state index contributed by atoms with van der Waals surface area (Å²) in [5.41, 5.74) is 1.97. The molecule has 0 aliphatic carbocycles. The Labute approximate surface area is 273 Å². The molecule has 0 aliphatic heterocycles. The number of halogens is 2. The molecule has 0 saturated carbocycles. The average molecular weight is 645 g/mol. The van der Waals surface area contributed by atoms with Crippen molar-refractivity contribution in [2.45, 2.75) is 46.1 Å². The number of likely N-dealkylation sites (N-methyl/N-ethyl adjacent to an activating group) is 1. The van der Waals surface area contributed by atoms with Gasteiger partial charge in [-0.05, 0) is 94.7 Å². The first-order valence-corrected chi connectivity index (χ1v) is 15.2. The molecule has 0 spiro atoms. The maximum atomic E-state index is 14.9. The standard InChI is InChI=1S/C36H50F2N2O6/c1-9-29(13-12-27(4)37)21-31(25-45-10-2)22-30(20-28(5)46-11-3)24-39(7)17-16-36(6,44-8)26-40(18-19-41)34-15-14-32(35(42)43)23-33(34)38/h9,12-15,19-20,22-23H,4-5,10-11,16-18,21,24-26H2,1-3,6-8H3,(H,42,43)/b13-12-,29-9+,30-20+,31-22+. The van der Waals surface area contributed by atoms with Crippen molar-refractivity contribution < 1.29 is 37.7 Å². The second-order valence-electron chi connectivity index (χ2n) is 11.0. The molecule has 0 heterocycles. The number of nitrogens with zero attached hydrogens (tertiary/aromatic N) is 2. The number of hydrogen-bond acceptors (Lipinski definition) is 7. The van der Waals surface area contributed by atoms with Crippen LogP contribution >= 0.6 is 0 Å². The van der Waals surface area contributed by atoms with Crippen molar-refractivity contribution >= 4 is 17.9 Å². The number of benzene rings is 1. The van der Waals surface area contributed by atoms with Crippen LogP contribution in [0, 0.1) is 5.82 Å². The fourth-order valence-electron chi connectivity index (χ4n) is 4.62. The van der Waals surface area contributed by atoms with Crippen molar-refractivity contribution in [1.29, 1.82) is 0 Å². The van der Waals surface area contributed by atoms with E-state index in [4.69, 9.17) is 14.2 Å². The minimum Gasteiger partial charge on any atom is -0.495 e. The van der Waals surface area contributed by atoms with Gasteiger partial charge in [-0.3, -0.25) is 0 Å². The van der Waals surface area contributed by atoms with Crippen molar-refractivity contribution in [2.75, 3.05) is 65.1 Å². The fourth-order valence-corrected chi connectivity index (χ4v) is 4.62. The fraction of sp³-hybridized carbons (Fsp3) is 0.444. The van der Waals surface area contributed by atoms with E-state index in [-0.39, 0.29) is 24.3 Å². The number of rotatable bonds is 23. The molecule has 1 N–H and O–H groups in total.